The van der Waals surface area contributed by atoms with Gasteiger partial charge in [0.05, 0.1) is 12.7 Å². The van der Waals surface area contributed by atoms with Gasteiger partial charge in [-0.3, -0.25) is 0 Å². The molecule has 0 aromatic carbocycles. The maximum absolute atomic E-state index is 5.78. The first kappa shape index (κ1) is 9.44. The van der Waals surface area contributed by atoms with Gasteiger partial charge in [-0.05, 0) is 25.8 Å². The van der Waals surface area contributed by atoms with Crippen LogP contribution < -0.4 is 5.73 Å². The van der Waals surface area contributed by atoms with E-state index in [0.717, 1.165) is 13.0 Å². The number of hydrogen-bond donors (Lipinski definition) is 1. The van der Waals surface area contributed by atoms with Gasteiger partial charge in [-0.25, -0.2) is 0 Å². The second-order valence-electron chi connectivity index (χ2n) is 4.08. The van der Waals surface area contributed by atoms with Crippen molar-refractivity contribution in [2.75, 3.05) is 13.2 Å². The molecule has 2 atom stereocenters. The van der Waals surface area contributed by atoms with Crippen LogP contribution in [0.25, 0.3) is 0 Å². The zero-order valence-corrected chi connectivity index (χ0v) is 8.08. The Morgan fingerprint density at radius 2 is 2.00 bits per heavy atom. The summed E-state index contributed by atoms with van der Waals surface area (Å²) in [5.41, 5.74) is 5.47. The average Bonchev–Trinajstić information content (AvgIpc) is 2.70. The van der Waals surface area contributed by atoms with Crippen molar-refractivity contribution in [3.05, 3.63) is 0 Å². The summed E-state index contributed by atoms with van der Waals surface area (Å²) in [5.74, 6) is 0.655. The highest BCUT2D eigenvalue weighted by Gasteiger charge is 2.33. The first-order chi connectivity index (χ1) is 6.40. The van der Waals surface area contributed by atoms with Crippen LogP contribution >= 0.6 is 0 Å². The summed E-state index contributed by atoms with van der Waals surface area (Å²) >= 11 is 0. The van der Waals surface area contributed by atoms with E-state index in [1.54, 1.807) is 0 Å². The van der Waals surface area contributed by atoms with E-state index < -0.39 is 0 Å². The van der Waals surface area contributed by atoms with Gasteiger partial charge in [0.25, 0.3) is 0 Å². The van der Waals surface area contributed by atoms with Crippen molar-refractivity contribution < 1.29 is 9.47 Å². The Labute approximate surface area is 79.6 Å². The average molecular weight is 185 g/mol. The summed E-state index contributed by atoms with van der Waals surface area (Å²) in [6.45, 7) is 1.45. The molecule has 2 N–H and O–H groups in total. The minimum atomic E-state index is 0.0825. The molecule has 13 heavy (non-hydrogen) atoms. The molecule has 2 unspecified atom stereocenters. The molecule has 3 heteroatoms. The highest BCUT2D eigenvalue weighted by Crippen LogP contribution is 2.33. The predicted octanol–water partition coefficient (Wildman–Crippen LogP) is 1.27. The van der Waals surface area contributed by atoms with Gasteiger partial charge in [0.15, 0.2) is 6.29 Å². The molecule has 3 nitrogen and oxygen atoms in total. The molecule has 2 aliphatic rings. The van der Waals surface area contributed by atoms with Crippen molar-refractivity contribution in [2.24, 2.45) is 11.7 Å². The van der Waals surface area contributed by atoms with Crippen LogP contribution in [0, 0.1) is 5.92 Å². The summed E-state index contributed by atoms with van der Waals surface area (Å²) in [6.07, 6.45) is 6.52. The van der Waals surface area contributed by atoms with E-state index in [1.165, 1.54) is 25.7 Å². The van der Waals surface area contributed by atoms with Gasteiger partial charge in [0, 0.05) is 5.92 Å². The van der Waals surface area contributed by atoms with E-state index >= 15 is 0 Å². The van der Waals surface area contributed by atoms with E-state index in [1.807, 2.05) is 0 Å². The van der Waals surface area contributed by atoms with Gasteiger partial charge in [0.1, 0.15) is 0 Å². The number of nitrogens with two attached hydrogens (primary N) is 1. The van der Waals surface area contributed by atoms with Crippen molar-refractivity contribution in [2.45, 2.75) is 44.5 Å². The largest absolute Gasteiger partial charge is 0.350 e. The molecule has 1 saturated heterocycles. The van der Waals surface area contributed by atoms with Gasteiger partial charge < -0.3 is 15.2 Å². The molecular weight excluding hydrogens is 166 g/mol. The minimum Gasteiger partial charge on any atom is -0.350 e. The van der Waals surface area contributed by atoms with Crippen molar-refractivity contribution in [3.63, 3.8) is 0 Å². The molecular formula is C10H19NO2. The first-order valence-corrected chi connectivity index (χ1v) is 5.37. The number of hydrogen-bond acceptors (Lipinski definition) is 3. The maximum Gasteiger partial charge on any atom is 0.160 e. The Morgan fingerprint density at radius 3 is 2.69 bits per heavy atom. The van der Waals surface area contributed by atoms with Crippen molar-refractivity contribution >= 4 is 0 Å². The van der Waals surface area contributed by atoms with Crippen LogP contribution in [0.15, 0.2) is 0 Å². The maximum atomic E-state index is 5.78. The third-order valence-electron chi connectivity index (χ3n) is 3.05. The standard InChI is InChI=1S/C10H19NO2/c11-6-5-9-7-12-10(13-9)8-3-1-2-4-8/h8-10H,1-7,11H2. The van der Waals surface area contributed by atoms with Crippen LogP contribution in [-0.2, 0) is 9.47 Å². The normalized spacial score (nSPS) is 35.8. The fourth-order valence-electron chi connectivity index (χ4n) is 2.28. The molecule has 1 heterocycles. The first-order valence-electron chi connectivity index (χ1n) is 5.37. The summed E-state index contributed by atoms with van der Waals surface area (Å²) in [4.78, 5) is 0. The lowest BCUT2D eigenvalue weighted by atomic mass is 10.1. The SMILES string of the molecule is NCCC1COC(C2CCCC2)O1. The Hall–Kier alpha value is -0.120. The molecule has 76 valence electrons. The topological polar surface area (TPSA) is 44.5 Å². The molecule has 0 radical (unpaired) electrons. The van der Waals surface area contributed by atoms with Crippen LogP contribution in [0.3, 0.4) is 0 Å². The lowest BCUT2D eigenvalue weighted by Gasteiger charge is -2.17. The lowest BCUT2D eigenvalue weighted by molar-refractivity contribution is -0.0949. The zero-order chi connectivity index (χ0) is 9.10. The third-order valence-corrected chi connectivity index (χ3v) is 3.05. The van der Waals surface area contributed by atoms with E-state index in [2.05, 4.69) is 0 Å². The van der Waals surface area contributed by atoms with Gasteiger partial charge in [0.2, 0.25) is 0 Å². The summed E-state index contributed by atoms with van der Waals surface area (Å²) in [5, 5.41) is 0. The molecule has 0 aromatic heterocycles. The summed E-state index contributed by atoms with van der Waals surface area (Å²) in [7, 11) is 0. The highest BCUT2D eigenvalue weighted by molar-refractivity contribution is 4.75. The molecule has 0 aromatic rings. The number of ether oxygens (including phenoxy) is 2. The molecule has 1 aliphatic carbocycles. The molecule has 0 bridgehead atoms. The lowest BCUT2D eigenvalue weighted by Crippen LogP contribution is -2.21. The van der Waals surface area contributed by atoms with E-state index in [0.29, 0.717) is 12.5 Å². The summed E-state index contributed by atoms with van der Waals surface area (Å²) in [6, 6.07) is 0. The van der Waals surface area contributed by atoms with Crippen molar-refractivity contribution in [1.82, 2.24) is 0 Å². The van der Waals surface area contributed by atoms with Gasteiger partial charge in [-0.15, -0.1) is 0 Å². The molecule has 1 aliphatic heterocycles. The second kappa shape index (κ2) is 4.40. The molecule has 2 fully saturated rings. The Balaban J connectivity index is 1.76. The van der Waals surface area contributed by atoms with Crippen LogP contribution in [0.5, 0.6) is 0 Å². The minimum absolute atomic E-state index is 0.0825. The highest BCUT2D eigenvalue weighted by atomic mass is 16.7. The van der Waals surface area contributed by atoms with Crippen molar-refractivity contribution in [1.29, 1.82) is 0 Å². The monoisotopic (exact) mass is 185 g/mol. The molecule has 1 saturated carbocycles. The van der Waals surface area contributed by atoms with Gasteiger partial charge in [-0.2, -0.15) is 0 Å². The van der Waals surface area contributed by atoms with E-state index in [9.17, 15) is 0 Å². The molecule has 2 rings (SSSR count). The Morgan fingerprint density at radius 1 is 1.23 bits per heavy atom. The fraction of sp³-hybridized carbons (Fsp3) is 1.00. The van der Waals surface area contributed by atoms with Crippen LogP contribution in [0.1, 0.15) is 32.1 Å². The van der Waals surface area contributed by atoms with Crippen LogP contribution in [0.2, 0.25) is 0 Å². The quantitative estimate of drug-likeness (QED) is 0.720. The fourth-order valence-corrected chi connectivity index (χ4v) is 2.28. The number of rotatable bonds is 3. The Kier molecular flexibility index (Phi) is 3.19. The van der Waals surface area contributed by atoms with Crippen LogP contribution in [-0.4, -0.2) is 25.5 Å². The van der Waals surface area contributed by atoms with Gasteiger partial charge >= 0.3 is 0 Å². The van der Waals surface area contributed by atoms with E-state index in [4.69, 9.17) is 15.2 Å². The smallest absolute Gasteiger partial charge is 0.160 e. The third kappa shape index (κ3) is 2.22. The Bertz CT molecular complexity index is 157. The van der Waals surface area contributed by atoms with Gasteiger partial charge in [-0.1, -0.05) is 12.8 Å². The van der Waals surface area contributed by atoms with Crippen LogP contribution in [0.4, 0.5) is 0 Å². The van der Waals surface area contributed by atoms with Crippen molar-refractivity contribution in [3.8, 4) is 0 Å². The summed E-state index contributed by atoms with van der Waals surface area (Å²) < 4.78 is 11.4. The van der Waals surface area contributed by atoms with E-state index in [-0.39, 0.29) is 12.4 Å². The molecule has 0 amide bonds. The predicted molar refractivity (Wildman–Crippen MR) is 50.2 cm³/mol. The molecule has 0 spiro atoms. The second-order valence-corrected chi connectivity index (χ2v) is 4.08. The zero-order valence-electron chi connectivity index (χ0n) is 8.08.